The molecule has 2 aromatic carbocycles. The Morgan fingerprint density at radius 3 is 2.39 bits per heavy atom. The Balaban J connectivity index is 1.53. The summed E-state index contributed by atoms with van der Waals surface area (Å²) in [5.74, 6) is 6.48. The van der Waals surface area contributed by atoms with Gasteiger partial charge in [-0.15, -0.1) is 0 Å². The highest BCUT2D eigenvalue weighted by Crippen LogP contribution is 2.45. The SMILES string of the molecule is COc1ccc(COC(C#CC(C)c2ccc3c(c2C=O)CCC32OCCO2)CC(OC)OC)cc1. The Labute approximate surface area is 213 Å². The van der Waals surface area contributed by atoms with E-state index in [1.165, 1.54) is 0 Å². The second kappa shape index (κ2) is 12.0. The van der Waals surface area contributed by atoms with Gasteiger partial charge in [-0.2, -0.15) is 0 Å². The van der Waals surface area contributed by atoms with Crippen LogP contribution in [0.4, 0.5) is 0 Å². The summed E-state index contributed by atoms with van der Waals surface area (Å²) < 4.78 is 34.0. The van der Waals surface area contributed by atoms with E-state index in [1.807, 2.05) is 43.3 Å². The van der Waals surface area contributed by atoms with Crippen molar-refractivity contribution >= 4 is 6.29 Å². The lowest BCUT2D eigenvalue weighted by Gasteiger charge is -2.23. The van der Waals surface area contributed by atoms with E-state index < -0.39 is 18.2 Å². The monoisotopic (exact) mass is 494 g/mol. The highest BCUT2D eigenvalue weighted by molar-refractivity contribution is 5.82. The van der Waals surface area contributed by atoms with E-state index in [0.717, 1.165) is 47.1 Å². The Bertz CT molecular complexity index is 1090. The average Bonchev–Trinajstić information content (AvgIpc) is 3.55. The fourth-order valence-electron chi connectivity index (χ4n) is 4.85. The topological polar surface area (TPSA) is 72.5 Å². The number of fused-ring (bicyclic) bond motifs is 2. The van der Waals surface area contributed by atoms with Crippen molar-refractivity contribution in [3.63, 3.8) is 0 Å². The van der Waals surface area contributed by atoms with E-state index in [1.54, 1.807) is 21.3 Å². The third-order valence-corrected chi connectivity index (χ3v) is 6.85. The van der Waals surface area contributed by atoms with Gasteiger partial charge >= 0.3 is 0 Å². The van der Waals surface area contributed by atoms with Crippen molar-refractivity contribution in [3.05, 3.63) is 64.2 Å². The van der Waals surface area contributed by atoms with E-state index in [2.05, 4.69) is 11.8 Å². The second-order valence-electron chi connectivity index (χ2n) is 8.96. The summed E-state index contributed by atoms with van der Waals surface area (Å²) >= 11 is 0. The lowest BCUT2D eigenvalue weighted by atomic mass is 9.90. The molecule has 2 atom stereocenters. The zero-order valence-electron chi connectivity index (χ0n) is 21.4. The molecular weight excluding hydrogens is 460 g/mol. The Kier molecular flexibility index (Phi) is 8.78. The van der Waals surface area contributed by atoms with Gasteiger partial charge in [0.25, 0.3) is 0 Å². The lowest BCUT2D eigenvalue weighted by molar-refractivity contribution is -0.163. The van der Waals surface area contributed by atoms with Gasteiger partial charge in [0.05, 0.1) is 26.9 Å². The Hall–Kier alpha value is -2.73. The molecule has 1 fully saturated rings. The van der Waals surface area contributed by atoms with Crippen molar-refractivity contribution in [2.75, 3.05) is 34.5 Å². The van der Waals surface area contributed by atoms with Crippen LogP contribution in [0.1, 0.15) is 58.3 Å². The van der Waals surface area contributed by atoms with Crippen molar-refractivity contribution in [1.29, 1.82) is 0 Å². The van der Waals surface area contributed by atoms with Crippen molar-refractivity contribution in [1.82, 2.24) is 0 Å². The van der Waals surface area contributed by atoms with Crippen LogP contribution in [0.5, 0.6) is 5.75 Å². The quantitative estimate of drug-likeness (QED) is 0.276. The highest BCUT2D eigenvalue weighted by atomic mass is 16.7. The normalized spacial score (nSPS) is 17.5. The van der Waals surface area contributed by atoms with E-state index in [0.29, 0.717) is 31.8 Å². The largest absolute Gasteiger partial charge is 0.497 e. The van der Waals surface area contributed by atoms with Gasteiger partial charge in [-0.25, -0.2) is 0 Å². The van der Waals surface area contributed by atoms with Gasteiger partial charge < -0.3 is 28.4 Å². The van der Waals surface area contributed by atoms with Crippen LogP contribution in [0.25, 0.3) is 0 Å². The molecule has 4 rings (SSSR count). The summed E-state index contributed by atoms with van der Waals surface area (Å²) in [5.41, 5.74) is 4.57. The van der Waals surface area contributed by atoms with Gasteiger partial charge in [0.15, 0.2) is 18.4 Å². The summed E-state index contributed by atoms with van der Waals surface area (Å²) in [6.45, 7) is 3.53. The second-order valence-corrected chi connectivity index (χ2v) is 8.96. The molecule has 192 valence electrons. The number of aldehydes is 1. The third kappa shape index (κ3) is 5.64. The van der Waals surface area contributed by atoms with Gasteiger partial charge in [0.1, 0.15) is 11.9 Å². The summed E-state index contributed by atoms with van der Waals surface area (Å²) in [7, 11) is 4.83. The van der Waals surface area contributed by atoms with Crippen LogP contribution < -0.4 is 4.74 Å². The Morgan fingerprint density at radius 1 is 1.03 bits per heavy atom. The van der Waals surface area contributed by atoms with Crippen molar-refractivity contribution < 1.29 is 33.2 Å². The van der Waals surface area contributed by atoms with E-state index >= 15 is 0 Å². The summed E-state index contributed by atoms with van der Waals surface area (Å²) in [5, 5.41) is 0. The molecule has 7 nitrogen and oxygen atoms in total. The van der Waals surface area contributed by atoms with Crippen LogP contribution in [0, 0.1) is 11.8 Å². The molecule has 0 bridgehead atoms. The van der Waals surface area contributed by atoms with Crippen LogP contribution in [0.2, 0.25) is 0 Å². The fourth-order valence-corrected chi connectivity index (χ4v) is 4.85. The zero-order chi connectivity index (χ0) is 25.5. The number of rotatable bonds is 10. The van der Waals surface area contributed by atoms with E-state index in [-0.39, 0.29) is 5.92 Å². The maximum atomic E-state index is 12.2. The number of benzene rings is 2. The van der Waals surface area contributed by atoms with Crippen molar-refractivity contribution in [2.45, 2.75) is 56.9 Å². The first-order valence-electron chi connectivity index (χ1n) is 12.2. The molecule has 0 radical (unpaired) electrons. The molecule has 0 amide bonds. The van der Waals surface area contributed by atoms with Crippen molar-refractivity contribution in [3.8, 4) is 17.6 Å². The molecule has 0 N–H and O–H groups in total. The summed E-state index contributed by atoms with van der Waals surface area (Å²) in [6.07, 6.45) is 1.99. The van der Waals surface area contributed by atoms with Gasteiger partial charge in [-0.3, -0.25) is 4.79 Å². The molecule has 7 heteroatoms. The van der Waals surface area contributed by atoms with E-state index in [9.17, 15) is 4.79 Å². The van der Waals surface area contributed by atoms with Crippen LogP contribution in [0.15, 0.2) is 36.4 Å². The lowest BCUT2D eigenvalue weighted by Crippen LogP contribution is -2.23. The first-order chi connectivity index (χ1) is 17.5. The molecule has 36 heavy (non-hydrogen) atoms. The molecule has 2 aliphatic rings. The van der Waals surface area contributed by atoms with Gasteiger partial charge in [-0.1, -0.05) is 36.1 Å². The summed E-state index contributed by atoms with van der Waals surface area (Å²) in [4.78, 5) is 12.2. The van der Waals surface area contributed by atoms with E-state index in [4.69, 9.17) is 28.4 Å². The van der Waals surface area contributed by atoms with Crippen LogP contribution >= 0.6 is 0 Å². The minimum atomic E-state index is -0.698. The van der Waals surface area contributed by atoms with Crippen molar-refractivity contribution in [2.24, 2.45) is 0 Å². The molecule has 1 saturated heterocycles. The van der Waals surface area contributed by atoms with Gasteiger partial charge in [0, 0.05) is 44.1 Å². The molecule has 2 aromatic rings. The number of hydrogen-bond donors (Lipinski definition) is 0. The maximum Gasteiger partial charge on any atom is 0.195 e. The minimum absolute atomic E-state index is 0.173. The predicted molar refractivity (Wildman–Crippen MR) is 134 cm³/mol. The molecule has 1 spiro atoms. The maximum absolute atomic E-state index is 12.2. The van der Waals surface area contributed by atoms with Crippen LogP contribution in [-0.4, -0.2) is 53.2 Å². The molecule has 1 aliphatic carbocycles. The first kappa shape index (κ1) is 26.3. The smallest absolute Gasteiger partial charge is 0.195 e. The highest BCUT2D eigenvalue weighted by Gasteiger charge is 2.45. The summed E-state index contributed by atoms with van der Waals surface area (Å²) in [6, 6.07) is 11.7. The molecule has 0 aromatic heterocycles. The first-order valence-corrected chi connectivity index (χ1v) is 12.2. The number of hydrogen-bond acceptors (Lipinski definition) is 7. The minimum Gasteiger partial charge on any atom is -0.497 e. The Morgan fingerprint density at radius 2 is 1.75 bits per heavy atom. The van der Waals surface area contributed by atoms with Gasteiger partial charge in [-0.05, 0) is 42.2 Å². The van der Waals surface area contributed by atoms with Gasteiger partial charge in [0.2, 0.25) is 0 Å². The average molecular weight is 495 g/mol. The number of ether oxygens (including phenoxy) is 6. The molecule has 1 heterocycles. The number of carbonyl (C=O) groups is 1. The number of methoxy groups -OCH3 is 3. The third-order valence-electron chi connectivity index (χ3n) is 6.85. The predicted octanol–water partition coefficient (Wildman–Crippen LogP) is 4.35. The molecule has 1 aliphatic heterocycles. The van der Waals surface area contributed by atoms with Crippen LogP contribution in [0.3, 0.4) is 0 Å². The van der Waals surface area contributed by atoms with Crippen LogP contribution in [-0.2, 0) is 42.5 Å². The zero-order valence-corrected chi connectivity index (χ0v) is 21.4. The fraction of sp³-hybridized carbons (Fsp3) is 0.483. The molecule has 0 saturated carbocycles. The molecule has 2 unspecified atom stereocenters. The standard InChI is InChI=1S/C29H34O7/c1-20(24-11-12-27-25(26(24)18-30)13-14-29(27)35-15-16-36-29)5-8-23(17-28(32-3)33-4)34-19-21-6-9-22(31-2)10-7-21/h6-7,9-12,18,20,23,28H,13-17,19H2,1-4H3. The number of carbonyl (C=O) groups excluding carboxylic acids is 1. The molecular formula is C29H34O7.